The van der Waals surface area contributed by atoms with E-state index in [1.165, 1.54) is 0 Å². The van der Waals surface area contributed by atoms with E-state index in [2.05, 4.69) is 15.2 Å². The molecule has 4 nitrogen and oxygen atoms in total. The largest absolute Gasteiger partial charge is 0.369 e. The van der Waals surface area contributed by atoms with Crippen molar-refractivity contribution in [2.45, 2.75) is 12.1 Å². The first-order valence-electron chi connectivity index (χ1n) is 6.01. The molecule has 3 heterocycles. The Labute approximate surface area is 106 Å². The molecule has 0 spiro atoms. The number of aromatic nitrogens is 1. The van der Waals surface area contributed by atoms with Crippen LogP contribution in [0.1, 0.15) is 11.8 Å². The van der Waals surface area contributed by atoms with E-state index in [1.807, 2.05) is 6.07 Å². The minimum absolute atomic E-state index is 0.0584. The molecule has 2 atom stereocenters. The van der Waals surface area contributed by atoms with Crippen molar-refractivity contribution in [3.63, 3.8) is 0 Å². The average molecular weight is 254 g/mol. The Morgan fingerprint density at radius 2 is 2.47 bits per heavy atom. The van der Waals surface area contributed by atoms with Gasteiger partial charge < -0.3 is 10.1 Å². The Bertz CT molecular complexity index is 401. The molecule has 0 aliphatic carbocycles. The molecule has 2 fully saturated rings. The molecule has 5 heteroatoms. The van der Waals surface area contributed by atoms with E-state index in [0.29, 0.717) is 6.04 Å². The Hall–Kier alpha value is -0.680. The Morgan fingerprint density at radius 1 is 1.53 bits per heavy atom. The van der Waals surface area contributed by atoms with E-state index in [-0.39, 0.29) is 6.10 Å². The zero-order chi connectivity index (χ0) is 11.7. The van der Waals surface area contributed by atoms with Crippen LogP contribution < -0.4 is 5.32 Å². The van der Waals surface area contributed by atoms with Crippen LogP contribution in [0.3, 0.4) is 0 Å². The van der Waals surface area contributed by atoms with Crippen LogP contribution in [0.25, 0.3) is 0 Å². The van der Waals surface area contributed by atoms with Gasteiger partial charge in [-0.2, -0.15) is 0 Å². The molecule has 3 rings (SSSR count). The highest BCUT2D eigenvalue weighted by Crippen LogP contribution is 2.25. The number of halogens is 1. The van der Waals surface area contributed by atoms with Gasteiger partial charge in [-0.1, -0.05) is 11.6 Å². The van der Waals surface area contributed by atoms with Gasteiger partial charge in [0.1, 0.15) is 6.10 Å². The van der Waals surface area contributed by atoms with E-state index < -0.39 is 0 Å². The van der Waals surface area contributed by atoms with Gasteiger partial charge in [0.05, 0.1) is 12.3 Å². The number of hydrogen-bond acceptors (Lipinski definition) is 4. The Balaban J connectivity index is 1.73. The van der Waals surface area contributed by atoms with Gasteiger partial charge >= 0.3 is 0 Å². The zero-order valence-electron chi connectivity index (χ0n) is 9.60. The summed E-state index contributed by atoms with van der Waals surface area (Å²) in [6.07, 6.45) is 1.80. The molecule has 1 N–H and O–H groups in total. The fourth-order valence-corrected chi connectivity index (χ4v) is 2.64. The summed E-state index contributed by atoms with van der Waals surface area (Å²) < 4.78 is 5.89. The van der Waals surface area contributed by atoms with Crippen molar-refractivity contribution in [3.8, 4) is 0 Å². The molecule has 92 valence electrons. The summed E-state index contributed by atoms with van der Waals surface area (Å²) in [6.45, 7) is 4.86. The predicted octanol–water partition coefficient (Wildman–Crippen LogP) is 1.08. The smallest absolute Gasteiger partial charge is 0.112 e. The van der Waals surface area contributed by atoms with Crippen LogP contribution in [0.5, 0.6) is 0 Å². The first kappa shape index (κ1) is 11.4. The van der Waals surface area contributed by atoms with Crippen LogP contribution in [0, 0.1) is 0 Å². The number of nitrogens with zero attached hydrogens (tertiary/aromatic N) is 2. The van der Waals surface area contributed by atoms with Gasteiger partial charge in [0, 0.05) is 43.4 Å². The lowest BCUT2D eigenvalue weighted by molar-refractivity contribution is -0.0734. The van der Waals surface area contributed by atoms with Gasteiger partial charge in [-0.15, -0.1) is 0 Å². The van der Waals surface area contributed by atoms with Gasteiger partial charge in [-0.3, -0.25) is 9.88 Å². The molecule has 1 aromatic rings. The Kier molecular flexibility index (Phi) is 3.29. The van der Waals surface area contributed by atoms with Gasteiger partial charge in [0.15, 0.2) is 0 Å². The third kappa shape index (κ3) is 2.45. The van der Waals surface area contributed by atoms with Gasteiger partial charge in [0.25, 0.3) is 0 Å². The minimum atomic E-state index is 0.0584. The number of pyridine rings is 1. The molecule has 0 saturated carbocycles. The van der Waals surface area contributed by atoms with Crippen molar-refractivity contribution in [1.29, 1.82) is 0 Å². The normalized spacial score (nSPS) is 29.9. The standard InChI is InChI=1S/C12H16ClN3O/c13-9-1-2-15-11(5-9)12-7-16-4-3-14-6-10(16)8-17-12/h1-2,5,10,12,14H,3-4,6-8H2/t10-,12+/m0/s1. The Morgan fingerprint density at radius 3 is 3.35 bits per heavy atom. The lowest BCUT2D eigenvalue weighted by atomic mass is 10.1. The summed E-state index contributed by atoms with van der Waals surface area (Å²) in [5.41, 5.74) is 0.939. The van der Waals surface area contributed by atoms with E-state index >= 15 is 0 Å². The lowest BCUT2D eigenvalue weighted by Gasteiger charge is -2.42. The fraction of sp³-hybridized carbons (Fsp3) is 0.583. The topological polar surface area (TPSA) is 37.4 Å². The summed E-state index contributed by atoms with van der Waals surface area (Å²) in [5.74, 6) is 0. The van der Waals surface area contributed by atoms with Crippen LogP contribution in [0.15, 0.2) is 18.3 Å². The van der Waals surface area contributed by atoms with Crippen LogP contribution in [-0.4, -0.2) is 48.7 Å². The third-order valence-corrected chi connectivity index (χ3v) is 3.67. The monoisotopic (exact) mass is 253 g/mol. The number of fused-ring (bicyclic) bond motifs is 1. The van der Waals surface area contributed by atoms with Crippen LogP contribution in [-0.2, 0) is 4.74 Å². The number of rotatable bonds is 1. The first-order chi connectivity index (χ1) is 8.33. The van der Waals surface area contributed by atoms with Gasteiger partial charge in [-0.25, -0.2) is 0 Å². The molecular weight excluding hydrogens is 238 g/mol. The molecule has 2 aliphatic rings. The number of ether oxygens (including phenoxy) is 1. The summed E-state index contributed by atoms with van der Waals surface area (Å²) in [5, 5.41) is 4.11. The second kappa shape index (κ2) is 4.90. The molecule has 0 bridgehead atoms. The van der Waals surface area contributed by atoms with Crippen molar-refractivity contribution in [3.05, 3.63) is 29.0 Å². The molecular formula is C12H16ClN3O. The van der Waals surface area contributed by atoms with Crippen molar-refractivity contribution >= 4 is 11.6 Å². The van der Waals surface area contributed by atoms with Crippen LogP contribution in [0.2, 0.25) is 5.02 Å². The molecule has 0 unspecified atom stereocenters. The van der Waals surface area contributed by atoms with E-state index in [1.54, 1.807) is 12.3 Å². The average Bonchev–Trinajstić information content (AvgIpc) is 2.38. The molecule has 0 aromatic carbocycles. The van der Waals surface area contributed by atoms with E-state index in [0.717, 1.165) is 43.5 Å². The number of morpholine rings is 1. The summed E-state index contributed by atoms with van der Waals surface area (Å²) in [6, 6.07) is 4.20. The molecule has 1 aromatic heterocycles. The quantitative estimate of drug-likeness (QED) is 0.813. The molecule has 0 amide bonds. The second-order valence-corrected chi connectivity index (χ2v) is 5.01. The maximum Gasteiger partial charge on any atom is 0.112 e. The third-order valence-electron chi connectivity index (χ3n) is 3.44. The van der Waals surface area contributed by atoms with Gasteiger partial charge in [0.2, 0.25) is 0 Å². The molecule has 2 saturated heterocycles. The molecule has 2 aliphatic heterocycles. The van der Waals surface area contributed by atoms with Crippen molar-refractivity contribution in [2.75, 3.05) is 32.8 Å². The zero-order valence-corrected chi connectivity index (χ0v) is 10.4. The van der Waals surface area contributed by atoms with Crippen LogP contribution >= 0.6 is 11.6 Å². The number of nitrogens with one attached hydrogen (secondary N) is 1. The van der Waals surface area contributed by atoms with Crippen molar-refractivity contribution in [1.82, 2.24) is 15.2 Å². The highest BCUT2D eigenvalue weighted by Gasteiger charge is 2.31. The lowest BCUT2D eigenvalue weighted by Crippen LogP contribution is -2.57. The van der Waals surface area contributed by atoms with Crippen molar-refractivity contribution < 1.29 is 4.74 Å². The summed E-state index contributed by atoms with van der Waals surface area (Å²) in [4.78, 5) is 6.83. The molecule has 17 heavy (non-hydrogen) atoms. The van der Waals surface area contributed by atoms with Crippen molar-refractivity contribution in [2.24, 2.45) is 0 Å². The second-order valence-electron chi connectivity index (χ2n) is 4.57. The number of piperazine rings is 1. The maximum atomic E-state index is 5.98. The fourth-order valence-electron chi connectivity index (χ4n) is 2.48. The summed E-state index contributed by atoms with van der Waals surface area (Å²) in [7, 11) is 0. The highest BCUT2D eigenvalue weighted by molar-refractivity contribution is 6.30. The molecule has 0 radical (unpaired) electrons. The van der Waals surface area contributed by atoms with Gasteiger partial charge in [-0.05, 0) is 12.1 Å². The minimum Gasteiger partial charge on any atom is -0.369 e. The highest BCUT2D eigenvalue weighted by atomic mass is 35.5. The van der Waals surface area contributed by atoms with Crippen LogP contribution in [0.4, 0.5) is 0 Å². The van der Waals surface area contributed by atoms with E-state index in [9.17, 15) is 0 Å². The number of hydrogen-bond donors (Lipinski definition) is 1. The SMILES string of the molecule is Clc1ccnc([C@H]2CN3CCNC[C@H]3CO2)c1. The predicted molar refractivity (Wildman–Crippen MR) is 66.2 cm³/mol. The summed E-state index contributed by atoms with van der Waals surface area (Å²) >= 11 is 5.98. The first-order valence-corrected chi connectivity index (χ1v) is 6.38. The van der Waals surface area contributed by atoms with E-state index in [4.69, 9.17) is 16.3 Å². The maximum absolute atomic E-state index is 5.98.